The molecular weight excluding hydrogens is 1140 g/mol. The van der Waals surface area contributed by atoms with E-state index < -0.39 is 0 Å². The van der Waals surface area contributed by atoms with Crippen molar-refractivity contribution in [3.05, 3.63) is 352 Å². The highest BCUT2D eigenvalue weighted by Crippen LogP contribution is 2.54. The maximum absolute atomic E-state index is 5.15. The van der Waals surface area contributed by atoms with Crippen molar-refractivity contribution in [2.75, 3.05) is 9.80 Å². The Balaban J connectivity index is 1.03. The lowest BCUT2D eigenvalue weighted by atomic mass is 9.33. The summed E-state index contributed by atoms with van der Waals surface area (Å²) in [6.45, 7) is -0.270. The quantitative estimate of drug-likeness (QED) is 0.121. The van der Waals surface area contributed by atoms with Crippen molar-refractivity contribution in [3.8, 4) is 94.7 Å². The first-order valence-corrected chi connectivity index (χ1v) is 32.2. The monoisotopic (exact) mass is 1200 g/mol. The maximum atomic E-state index is 5.15. The third-order valence-electron chi connectivity index (χ3n) is 19.1. The standard InChI is InChI=1S/C88H58BN5/c1-9-25-59(26-10-1)67-41-45-80-72(49-67)73-50-68(60-27-11-2-12-28-60)42-46-81(73)92(80)71-53-84-86-85(54-71)94(88-76(65-37-21-7-22-38-65)57-91-58-77(88)66-39-23-8-24-40-66)83-48-44-70(62-31-15-4-16-32-62)52-79(83)89(86)78-51-69(61-29-13-3-14-30-61)43-47-82(78)93(84)87-74(63-33-17-5-18-34-63)55-90-56-75(87)64-35-19-6-20-36-64/h1-58H. The second kappa shape index (κ2) is 22.8. The lowest BCUT2D eigenvalue weighted by molar-refractivity contribution is 1.16. The molecule has 0 N–H and O–H groups in total. The first-order chi connectivity index (χ1) is 46.7. The zero-order valence-corrected chi connectivity index (χ0v) is 51.3. The minimum atomic E-state index is -0.270. The van der Waals surface area contributed by atoms with Crippen molar-refractivity contribution in [3.63, 3.8) is 0 Å². The van der Waals surface area contributed by atoms with Crippen LogP contribution in [-0.4, -0.2) is 21.2 Å². The molecule has 5 nitrogen and oxygen atoms in total. The molecule has 438 valence electrons. The summed E-state index contributed by atoms with van der Waals surface area (Å²) in [6.07, 6.45) is 8.29. The van der Waals surface area contributed by atoms with Crippen molar-refractivity contribution >= 4 is 79.0 Å². The number of rotatable bonds is 11. The van der Waals surface area contributed by atoms with E-state index in [4.69, 9.17) is 9.97 Å². The maximum Gasteiger partial charge on any atom is 0.252 e. The lowest BCUT2D eigenvalue weighted by Gasteiger charge is -2.46. The number of hydrogen-bond donors (Lipinski definition) is 0. The van der Waals surface area contributed by atoms with Crippen LogP contribution in [0.4, 0.5) is 34.1 Å². The summed E-state index contributed by atoms with van der Waals surface area (Å²) < 4.78 is 2.53. The largest absolute Gasteiger partial charge is 0.310 e. The molecule has 94 heavy (non-hydrogen) atoms. The van der Waals surface area contributed by atoms with Crippen molar-refractivity contribution in [1.29, 1.82) is 0 Å². The van der Waals surface area contributed by atoms with E-state index in [9.17, 15) is 0 Å². The predicted molar refractivity (Wildman–Crippen MR) is 394 cm³/mol. The molecule has 0 saturated heterocycles. The highest BCUT2D eigenvalue weighted by atomic mass is 15.2. The Morgan fingerprint density at radius 3 is 0.819 bits per heavy atom. The molecule has 0 atom stereocenters. The average molecular weight is 1200 g/mol. The molecule has 0 amide bonds. The fraction of sp³-hybridized carbons (Fsp3) is 0. The van der Waals surface area contributed by atoms with Crippen molar-refractivity contribution in [2.45, 2.75) is 0 Å². The minimum Gasteiger partial charge on any atom is -0.310 e. The highest BCUT2D eigenvalue weighted by Gasteiger charge is 2.46. The normalized spacial score (nSPS) is 12.2. The Bertz CT molecular complexity index is 5080. The fourth-order valence-electron chi connectivity index (χ4n) is 14.8. The van der Waals surface area contributed by atoms with Crippen molar-refractivity contribution in [2.24, 2.45) is 0 Å². The molecule has 13 aromatic carbocycles. The van der Waals surface area contributed by atoms with Gasteiger partial charge in [0.05, 0.1) is 28.1 Å². The Morgan fingerprint density at radius 2 is 0.511 bits per heavy atom. The van der Waals surface area contributed by atoms with E-state index in [1.165, 1.54) is 38.3 Å². The number of hydrogen-bond acceptors (Lipinski definition) is 4. The van der Waals surface area contributed by atoms with Crippen molar-refractivity contribution < 1.29 is 0 Å². The first-order valence-electron chi connectivity index (χ1n) is 32.2. The molecule has 6 heteroatoms. The van der Waals surface area contributed by atoms with Gasteiger partial charge in [-0.2, -0.15) is 0 Å². The van der Waals surface area contributed by atoms with E-state index in [1.54, 1.807) is 0 Å². The summed E-state index contributed by atoms with van der Waals surface area (Å²) >= 11 is 0. The van der Waals surface area contributed by atoms with Crippen LogP contribution in [0.5, 0.6) is 0 Å². The molecule has 0 radical (unpaired) electrons. The van der Waals surface area contributed by atoms with Crippen LogP contribution in [0.15, 0.2) is 352 Å². The average Bonchev–Trinajstić information content (AvgIpc) is 0.794. The minimum absolute atomic E-state index is 0.270. The topological polar surface area (TPSA) is 37.2 Å². The van der Waals surface area contributed by atoms with E-state index in [0.29, 0.717) is 0 Å². The Hall–Kier alpha value is -12.4. The zero-order chi connectivity index (χ0) is 62.1. The van der Waals surface area contributed by atoms with Gasteiger partial charge in [0.15, 0.2) is 0 Å². The molecule has 0 aliphatic carbocycles. The van der Waals surface area contributed by atoms with Gasteiger partial charge < -0.3 is 14.4 Å². The first kappa shape index (κ1) is 54.5. The van der Waals surface area contributed by atoms with Crippen LogP contribution in [-0.2, 0) is 0 Å². The number of anilines is 6. The number of nitrogens with zero attached hydrogens (tertiary/aromatic N) is 5. The molecule has 2 aliphatic rings. The van der Waals surface area contributed by atoms with Gasteiger partial charge in [-0.1, -0.05) is 279 Å². The second-order valence-electron chi connectivity index (χ2n) is 24.4. The van der Waals surface area contributed by atoms with Crippen LogP contribution in [0.2, 0.25) is 0 Å². The molecule has 0 spiro atoms. The van der Waals surface area contributed by atoms with Crippen LogP contribution < -0.4 is 26.2 Å². The van der Waals surface area contributed by atoms with Gasteiger partial charge in [0, 0.05) is 80.6 Å². The summed E-state index contributed by atoms with van der Waals surface area (Å²) in [5.74, 6) is 0. The van der Waals surface area contributed by atoms with E-state index in [1.807, 2.05) is 0 Å². The summed E-state index contributed by atoms with van der Waals surface area (Å²) in [4.78, 5) is 15.5. The molecule has 18 rings (SSSR count). The molecule has 16 aromatic rings. The van der Waals surface area contributed by atoms with Crippen LogP contribution in [0.3, 0.4) is 0 Å². The van der Waals surface area contributed by atoms with Crippen LogP contribution in [0.1, 0.15) is 0 Å². The van der Waals surface area contributed by atoms with Crippen molar-refractivity contribution in [1.82, 2.24) is 14.5 Å². The molecule has 0 bridgehead atoms. The Labute approximate surface area is 547 Å². The van der Waals surface area contributed by atoms with Crippen LogP contribution >= 0.6 is 0 Å². The smallest absolute Gasteiger partial charge is 0.252 e. The summed E-state index contributed by atoms with van der Waals surface area (Å²) in [5.41, 5.74) is 30.8. The third kappa shape index (κ3) is 9.17. The molecule has 3 aromatic heterocycles. The number of aromatic nitrogens is 3. The number of pyridine rings is 2. The molecule has 0 saturated carbocycles. The van der Waals surface area contributed by atoms with Crippen LogP contribution in [0, 0.1) is 0 Å². The molecule has 0 unspecified atom stereocenters. The summed E-state index contributed by atoms with van der Waals surface area (Å²) in [6, 6.07) is 120. The number of benzene rings is 13. The second-order valence-corrected chi connectivity index (χ2v) is 24.4. The molecule has 0 fully saturated rings. The summed E-state index contributed by atoms with van der Waals surface area (Å²) in [7, 11) is 0. The predicted octanol–water partition coefficient (Wildman–Crippen LogP) is 21.0. The zero-order valence-electron chi connectivity index (χ0n) is 51.3. The van der Waals surface area contributed by atoms with E-state index in [-0.39, 0.29) is 6.71 Å². The Kier molecular flexibility index (Phi) is 13.3. The molecule has 2 aliphatic heterocycles. The highest BCUT2D eigenvalue weighted by molar-refractivity contribution is 7.00. The van der Waals surface area contributed by atoms with E-state index in [2.05, 4.69) is 367 Å². The van der Waals surface area contributed by atoms with Crippen LogP contribution in [0.25, 0.3) is 117 Å². The van der Waals surface area contributed by atoms with Gasteiger partial charge in [-0.3, -0.25) is 9.97 Å². The summed E-state index contributed by atoms with van der Waals surface area (Å²) in [5, 5.41) is 2.34. The SMILES string of the molecule is c1ccc(-c2ccc3c(c2)B2c4cc(-c5ccccc5)ccc4N(c4c(-c5ccccc5)cncc4-c4ccccc4)c4cc(-n5c6ccc(-c7ccccc7)cc6c6cc(-c7ccccc7)ccc65)cc(c42)N3c2c(-c3ccccc3)cncc2-c2ccccc2)cc1. The van der Waals surface area contributed by atoms with Gasteiger partial charge in [0.1, 0.15) is 0 Å². The molecule has 5 heterocycles. The van der Waals surface area contributed by atoms with Gasteiger partial charge in [0.25, 0.3) is 6.71 Å². The fourth-order valence-corrected chi connectivity index (χ4v) is 14.8. The van der Waals surface area contributed by atoms with Gasteiger partial charge in [-0.15, -0.1) is 0 Å². The third-order valence-corrected chi connectivity index (χ3v) is 19.1. The van der Waals surface area contributed by atoms with Gasteiger partial charge in [-0.25, -0.2) is 0 Å². The Morgan fingerprint density at radius 1 is 0.234 bits per heavy atom. The van der Waals surface area contributed by atoms with Gasteiger partial charge in [-0.05, 0) is 132 Å². The number of fused-ring (bicyclic) bond motifs is 7. The van der Waals surface area contributed by atoms with E-state index in [0.717, 1.165) is 129 Å². The van der Waals surface area contributed by atoms with Gasteiger partial charge >= 0.3 is 0 Å². The lowest BCUT2D eigenvalue weighted by Crippen LogP contribution is -2.61. The van der Waals surface area contributed by atoms with E-state index >= 15 is 0 Å². The molecular formula is C88H58BN5. The van der Waals surface area contributed by atoms with Gasteiger partial charge in [0.2, 0.25) is 0 Å².